The lowest BCUT2D eigenvalue weighted by Crippen LogP contribution is -2.37. The molecule has 0 aliphatic carbocycles. The average molecular weight is 344 g/mol. The van der Waals surface area contributed by atoms with Crippen molar-refractivity contribution in [1.82, 2.24) is 9.88 Å². The van der Waals surface area contributed by atoms with Crippen molar-refractivity contribution in [2.24, 2.45) is 0 Å². The first-order chi connectivity index (χ1) is 11.5. The van der Waals surface area contributed by atoms with Gasteiger partial charge in [-0.1, -0.05) is 26.0 Å². The average Bonchev–Trinajstić information content (AvgIpc) is 3.18. The van der Waals surface area contributed by atoms with Crippen LogP contribution in [0.3, 0.4) is 0 Å². The molecule has 1 N–H and O–H groups in total. The van der Waals surface area contributed by atoms with Crippen LogP contribution in [0.2, 0.25) is 0 Å². The van der Waals surface area contributed by atoms with Gasteiger partial charge in [0.15, 0.2) is 5.13 Å². The number of carbonyl (C=O) groups excluding carboxylic acids is 2. The molecule has 1 aliphatic rings. The lowest BCUT2D eigenvalue weighted by atomic mass is 10.0. The monoisotopic (exact) mass is 344 g/mol. The number of anilines is 2. The summed E-state index contributed by atoms with van der Waals surface area (Å²) in [5.74, 6) is 0.231. The number of nitrogens with one attached hydrogen (secondary N) is 1. The second kappa shape index (κ2) is 7.00. The van der Waals surface area contributed by atoms with Crippen LogP contribution in [0.1, 0.15) is 25.3 Å². The SMILES string of the molecule is CC(C)c1ccc(N2CCN(CC(=O)Nc3nccs3)C2=O)cc1. The van der Waals surface area contributed by atoms with Gasteiger partial charge < -0.3 is 10.2 Å². The van der Waals surface area contributed by atoms with Gasteiger partial charge in [0, 0.05) is 30.4 Å². The second-order valence-electron chi connectivity index (χ2n) is 5.99. The fourth-order valence-corrected chi connectivity index (χ4v) is 3.17. The Hall–Kier alpha value is -2.41. The third-order valence-corrected chi connectivity index (χ3v) is 4.67. The normalized spacial score (nSPS) is 14.5. The Morgan fingerprint density at radius 1 is 1.29 bits per heavy atom. The number of carbonyl (C=O) groups is 2. The molecule has 0 atom stereocenters. The Kier molecular flexibility index (Phi) is 4.80. The zero-order chi connectivity index (χ0) is 17.1. The number of urea groups is 1. The minimum absolute atomic E-state index is 0.0407. The first-order valence-corrected chi connectivity index (χ1v) is 8.78. The first-order valence-electron chi connectivity index (χ1n) is 7.90. The van der Waals surface area contributed by atoms with Crippen LogP contribution in [-0.2, 0) is 4.79 Å². The van der Waals surface area contributed by atoms with E-state index in [-0.39, 0.29) is 18.5 Å². The van der Waals surface area contributed by atoms with Gasteiger partial charge in [-0.3, -0.25) is 9.69 Å². The first kappa shape index (κ1) is 16.4. The number of hydrogen-bond donors (Lipinski definition) is 1. The van der Waals surface area contributed by atoms with Crippen molar-refractivity contribution >= 4 is 34.1 Å². The fraction of sp³-hybridized carbons (Fsp3) is 0.353. The topological polar surface area (TPSA) is 65.5 Å². The molecule has 1 aliphatic heterocycles. The van der Waals surface area contributed by atoms with Crippen LogP contribution in [0.15, 0.2) is 35.8 Å². The standard InChI is InChI=1S/C17H20N4O2S/c1-12(2)13-3-5-14(6-4-13)21-9-8-20(17(21)23)11-15(22)19-16-18-7-10-24-16/h3-7,10,12H,8-9,11H2,1-2H3,(H,18,19,22). The van der Waals surface area contributed by atoms with E-state index in [9.17, 15) is 9.59 Å². The third kappa shape index (κ3) is 3.56. The summed E-state index contributed by atoms with van der Waals surface area (Å²) in [6.45, 7) is 5.44. The molecular formula is C17H20N4O2S. The summed E-state index contributed by atoms with van der Waals surface area (Å²) in [7, 11) is 0. The molecule has 1 aromatic heterocycles. The van der Waals surface area contributed by atoms with E-state index in [0.29, 0.717) is 24.1 Å². The van der Waals surface area contributed by atoms with Gasteiger partial charge in [-0.05, 0) is 23.6 Å². The summed E-state index contributed by atoms with van der Waals surface area (Å²) < 4.78 is 0. The predicted molar refractivity (Wildman–Crippen MR) is 95.6 cm³/mol. The number of nitrogens with zero attached hydrogens (tertiary/aromatic N) is 3. The summed E-state index contributed by atoms with van der Waals surface area (Å²) in [5.41, 5.74) is 2.11. The van der Waals surface area contributed by atoms with Gasteiger partial charge in [0.2, 0.25) is 5.91 Å². The van der Waals surface area contributed by atoms with Crippen molar-refractivity contribution in [3.8, 4) is 0 Å². The highest BCUT2D eigenvalue weighted by molar-refractivity contribution is 7.13. The number of benzene rings is 1. The van der Waals surface area contributed by atoms with Gasteiger partial charge in [-0.2, -0.15) is 0 Å². The molecule has 0 unspecified atom stereocenters. The summed E-state index contributed by atoms with van der Waals surface area (Å²) >= 11 is 1.35. The summed E-state index contributed by atoms with van der Waals surface area (Å²) in [4.78, 5) is 31.8. The van der Waals surface area contributed by atoms with Gasteiger partial charge >= 0.3 is 6.03 Å². The van der Waals surface area contributed by atoms with E-state index in [1.165, 1.54) is 16.9 Å². The van der Waals surface area contributed by atoms with Crippen molar-refractivity contribution < 1.29 is 9.59 Å². The lowest BCUT2D eigenvalue weighted by Gasteiger charge is -2.19. The van der Waals surface area contributed by atoms with Crippen molar-refractivity contribution in [1.29, 1.82) is 0 Å². The Labute approximate surface area is 145 Å². The van der Waals surface area contributed by atoms with E-state index < -0.39 is 0 Å². The zero-order valence-corrected chi connectivity index (χ0v) is 14.5. The van der Waals surface area contributed by atoms with E-state index in [4.69, 9.17) is 0 Å². The van der Waals surface area contributed by atoms with Gasteiger partial charge in [-0.15, -0.1) is 11.3 Å². The number of rotatable bonds is 5. The zero-order valence-electron chi connectivity index (χ0n) is 13.7. The van der Waals surface area contributed by atoms with Crippen LogP contribution >= 0.6 is 11.3 Å². The maximum absolute atomic E-state index is 12.5. The molecule has 1 fully saturated rings. The smallest absolute Gasteiger partial charge is 0.313 e. The Morgan fingerprint density at radius 2 is 2.04 bits per heavy atom. The largest absolute Gasteiger partial charge is 0.325 e. The van der Waals surface area contributed by atoms with E-state index in [0.717, 1.165) is 5.69 Å². The maximum atomic E-state index is 12.5. The second-order valence-corrected chi connectivity index (χ2v) is 6.88. The number of amides is 3. The molecule has 3 rings (SSSR count). The maximum Gasteiger partial charge on any atom is 0.325 e. The van der Waals surface area contributed by atoms with E-state index in [2.05, 4.69) is 24.1 Å². The molecule has 2 aromatic rings. The number of hydrogen-bond acceptors (Lipinski definition) is 4. The molecule has 1 aromatic carbocycles. The Morgan fingerprint density at radius 3 is 2.67 bits per heavy atom. The highest BCUT2D eigenvalue weighted by atomic mass is 32.1. The quantitative estimate of drug-likeness (QED) is 0.906. The van der Waals surface area contributed by atoms with E-state index >= 15 is 0 Å². The van der Waals surface area contributed by atoms with E-state index in [1.54, 1.807) is 21.4 Å². The Balaban J connectivity index is 1.61. The molecule has 7 heteroatoms. The van der Waals surface area contributed by atoms with E-state index in [1.807, 2.05) is 24.3 Å². The summed E-state index contributed by atoms with van der Waals surface area (Å²) in [6.07, 6.45) is 1.63. The molecule has 126 valence electrons. The predicted octanol–water partition coefficient (Wildman–Crippen LogP) is 3.15. The molecule has 0 spiro atoms. The van der Waals surface area contributed by atoms with Crippen molar-refractivity contribution in [2.75, 3.05) is 29.9 Å². The lowest BCUT2D eigenvalue weighted by molar-refractivity contribution is -0.116. The van der Waals surface area contributed by atoms with Crippen molar-refractivity contribution in [3.63, 3.8) is 0 Å². The minimum Gasteiger partial charge on any atom is -0.313 e. The van der Waals surface area contributed by atoms with Crippen LogP contribution < -0.4 is 10.2 Å². The van der Waals surface area contributed by atoms with Crippen molar-refractivity contribution in [3.05, 3.63) is 41.4 Å². The molecule has 0 saturated carbocycles. The van der Waals surface area contributed by atoms with Crippen LogP contribution in [0.25, 0.3) is 0 Å². The molecule has 1 saturated heterocycles. The molecular weight excluding hydrogens is 324 g/mol. The van der Waals surface area contributed by atoms with Crippen LogP contribution in [-0.4, -0.2) is 41.5 Å². The number of thiazole rings is 1. The molecule has 0 bridgehead atoms. The van der Waals surface area contributed by atoms with Gasteiger partial charge in [-0.25, -0.2) is 9.78 Å². The molecule has 24 heavy (non-hydrogen) atoms. The fourth-order valence-electron chi connectivity index (χ4n) is 2.63. The third-order valence-electron chi connectivity index (χ3n) is 3.98. The number of aromatic nitrogens is 1. The molecule has 6 nitrogen and oxygen atoms in total. The van der Waals surface area contributed by atoms with Crippen LogP contribution in [0.5, 0.6) is 0 Å². The molecule has 2 heterocycles. The van der Waals surface area contributed by atoms with Gasteiger partial charge in [0.05, 0.1) is 0 Å². The Bertz CT molecular complexity index is 713. The van der Waals surface area contributed by atoms with Crippen LogP contribution in [0.4, 0.5) is 15.6 Å². The highest BCUT2D eigenvalue weighted by Gasteiger charge is 2.30. The highest BCUT2D eigenvalue weighted by Crippen LogP contribution is 2.23. The molecule has 0 radical (unpaired) electrons. The molecule has 3 amide bonds. The van der Waals surface area contributed by atoms with Crippen molar-refractivity contribution in [2.45, 2.75) is 19.8 Å². The summed E-state index contributed by atoms with van der Waals surface area (Å²) in [6, 6.07) is 7.89. The van der Waals surface area contributed by atoms with Crippen LogP contribution in [0, 0.1) is 0 Å². The van der Waals surface area contributed by atoms with Gasteiger partial charge in [0.25, 0.3) is 0 Å². The summed E-state index contributed by atoms with van der Waals surface area (Å²) in [5, 5.41) is 5.04. The minimum atomic E-state index is -0.227. The van der Waals surface area contributed by atoms with Gasteiger partial charge in [0.1, 0.15) is 6.54 Å².